The zero-order valence-electron chi connectivity index (χ0n) is 20.3. The molecule has 0 unspecified atom stereocenters. The number of hydrogen-bond acceptors (Lipinski definition) is 4. The minimum atomic E-state index is -0.355. The number of anilines is 1. The molecular formula is C29H30N2O3. The fourth-order valence-corrected chi connectivity index (χ4v) is 4.01. The third kappa shape index (κ3) is 4.60. The fourth-order valence-electron chi connectivity index (χ4n) is 4.01. The van der Waals surface area contributed by atoms with Crippen LogP contribution in [0, 0.1) is 6.92 Å². The van der Waals surface area contributed by atoms with Crippen LogP contribution in [0.5, 0.6) is 5.75 Å². The van der Waals surface area contributed by atoms with Gasteiger partial charge in [-0.05, 0) is 41.7 Å². The molecule has 3 aromatic carbocycles. The molecule has 0 saturated heterocycles. The Morgan fingerprint density at radius 1 is 0.853 bits per heavy atom. The van der Waals surface area contributed by atoms with Crippen LogP contribution in [0.4, 0.5) is 5.69 Å². The zero-order valence-corrected chi connectivity index (χ0v) is 20.3. The molecule has 1 heterocycles. The number of hydrogen-bond donors (Lipinski definition) is 1. The number of amides is 2. The van der Waals surface area contributed by atoms with Crippen molar-refractivity contribution in [3.05, 3.63) is 101 Å². The zero-order chi connectivity index (χ0) is 24.5. The molecule has 0 spiro atoms. The monoisotopic (exact) mass is 454 g/mol. The minimum absolute atomic E-state index is 0.0182. The molecule has 1 aliphatic heterocycles. The largest absolute Gasteiger partial charge is 0.496 e. The highest BCUT2D eigenvalue weighted by Gasteiger charge is 2.40. The number of nitrogens with zero attached hydrogens (tertiary/aromatic N) is 1. The molecule has 1 aliphatic rings. The van der Waals surface area contributed by atoms with E-state index in [-0.39, 0.29) is 29.5 Å². The van der Waals surface area contributed by atoms with Gasteiger partial charge in [-0.3, -0.25) is 14.5 Å². The molecule has 34 heavy (non-hydrogen) atoms. The van der Waals surface area contributed by atoms with Gasteiger partial charge < -0.3 is 10.1 Å². The molecule has 0 radical (unpaired) electrons. The predicted octanol–water partition coefficient (Wildman–Crippen LogP) is 5.69. The van der Waals surface area contributed by atoms with E-state index in [1.54, 1.807) is 19.2 Å². The summed E-state index contributed by atoms with van der Waals surface area (Å²) in [5.41, 5.74) is 5.12. The Kier molecular flexibility index (Phi) is 6.29. The van der Waals surface area contributed by atoms with E-state index in [2.05, 4.69) is 26.1 Å². The first-order chi connectivity index (χ1) is 16.2. The Bertz CT molecular complexity index is 1250. The fraction of sp³-hybridized carbons (Fsp3) is 0.241. The average Bonchev–Trinajstić information content (AvgIpc) is 3.04. The van der Waals surface area contributed by atoms with Gasteiger partial charge in [-0.25, -0.2) is 0 Å². The van der Waals surface area contributed by atoms with E-state index < -0.39 is 0 Å². The second-order valence-corrected chi connectivity index (χ2v) is 9.58. The molecule has 174 valence electrons. The van der Waals surface area contributed by atoms with Crippen molar-refractivity contribution in [1.82, 2.24) is 4.90 Å². The van der Waals surface area contributed by atoms with E-state index in [0.29, 0.717) is 16.9 Å². The van der Waals surface area contributed by atoms with Crippen LogP contribution >= 0.6 is 0 Å². The van der Waals surface area contributed by atoms with Gasteiger partial charge in [0.25, 0.3) is 11.8 Å². The van der Waals surface area contributed by atoms with Gasteiger partial charge in [0.2, 0.25) is 0 Å². The summed E-state index contributed by atoms with van der Waals surface area (Å²) >= 11 is 0. The van der Waals surface area contributed by atoms with Gasteiger partial charge in [-0.15, -0.1) is 0 Å². The highest BCUT2D eigenvalue weighted by Crippen LogP contribution is 2.36. The number of benzene rings is 3. The van der Waals surface area contributed by atoms with Crippen molar-refractivity contribution < 1.29 is 14.3 Å². The van der Waals surface area contributed by atoms with Crippen molar-refractivity contribution in [3.63, 3.8) is 0 Å². The third-order valence-corrected chi connectivity index (χ3v) is 6.03. The molecule has 1 N–H and O–H groups in total. The second kappa shape index (κ2) is 9.18. The first kappa shape index (κ1) is 23.3. The summed E-state index contributed by atoms with van der Waals surface area (Å²) in [4.78, 5) is 28.4. The molecule has 2 amide bonds. The lowest BCUT2D eigenvalue weighted by Crippen LogP contribution is -2.32. The number of carbonyl (C=O) groups excluding carboxylic acids is 2. The molecule has 4 rings (SSSR count). The van der Waals surface area contributed by atoms with E-state index in [1.807, 2.05) is 67.6 Å². The second-order valence-electron chi connectivity index (χ2n) is 9.58. The van der Waals surface area contributed by atoms with E-state index in [1.165, 1.54) is 10.5 Å². The van der Waals surface area contributed by atoms with E-state index in [0.717, 1.165) is 16.8 Å². The first-order valence-corrected chi connectivity index (χ1v) is 11.4. The van der Waals surface area contributed by atoms with Gasteiger partial charge in [0.15, 0.2) is 0 Å². The SMILES string of the molecule is COc1ccccc1C1=C(Nc2ccc(C(C)(C)C)cc2)C(=O)N(Cc2ccc(C)cc2)C1=O. The van der Waals surface area contributed by atoms with Gasteiger partial charge in [-0.2, -0.15) is 0 Å². The van der Waals surface area contributed by atoms with Crippen LogP contribution in [0.25, 0.3) is 5.57 Å². The molecule has 0 fully saturated rings. The van der Waals surface area contributed by atoms with Gasteiger partial charge in [0.1, 0.15) is 11.4 Å². The number of ether oxygens (including phenoxy) is 1. The lowest BCUT2D eigenvalue weighted by molar-refractivity contribution is -0.137. The highest BCUT2D eigenvalue weighted by molar-refractivity contribution is 6.36. The summed E-state index contributed by atoms with van der Waals surface area (Å²) < 4.78 is 5.52. The lowest BCUT2D eigenvalue weighted by atomic mass is 9.87. The summed E-state index contributed by atoms with van der Waals surface area (Å²) in [6.07, 6.45) is 0. The van der Waals surface area contributed by atoms with Crippen molar-refractivity contribution in [1.29, 1.82) is 0 Å². The summed E-state index contributed by atoms with van der Waals surface area (Å²) in [5.74, 6) is -0.159. The Balaban J connectivity index is 1.74. The maximum absolute atomic E-state index is 13.6. The minimum Gasteiger partial charge on any atom is -0.496 e. The topological polar surface area (TPSA) is 58.6 Å². The van der Waals surface area contributed by atoms with Crippen molar-refractivity contribution in [2.75, 3.05) is 12.4 Å². The van der Waals surface area contributed by atoms with Crippen LogP contribution in [-0.2, 0) is 21.5 Å². The molecule has 0 aliphatic carbocycles. The van der Waals surface area contributed by atoms with Crippen molar-refractivity contribution in [2.45, 2.75) is 39.7 Å². The van der Waals surface area contributed by atoms with Crippen LogP contribution in [0.2, 0.25) is 0 Å². The molecule has 0 atom stereocenters. The maximum atomic E-state index is 13.6. The van der Waals surface area contributed by atoms with Crippen LogP contribution in [0.1, 0.15) is 43.0 Å². The molecule has 3 aromatic rings. The summed E-state index contributed by atoms with van der Waals surface area (Å²) in [7, 11) is 1.56. The lowest BCUT2D eigenvalue weighted by Gasteiger charge is -2.19. The summed E-state index contributed by atoms with van der Waals surface area (Å²) in [5, 5.41) is 3.24. The number of carbonyl (C=O) groups is 2. The van der Waals surface area contributed by atoms with Gasteiger partial charge in [0, 0.05) is 11.3 Å². The van der Waals surface area contributed by atoms with Gasteiger partial charge in [0.05, 0.1) is 19.2 Å². The summed E-state index contributed by atoms with van der Waals surface area (Å²) in [6.45, 7) is 8.66. The highest BCUT2D eigenvalue weighted by atomic mass is 16.5. The normalized spacial score (nSPS) is 14.1. The molecular weight excluding hydrogens is 424 g/mol. The smallest absolute Gasteiger partial charge is 0.278 e. The van der Waals surface area contributed by atoms with E-state index in [9.17, 15) is 9.59 Å². The number of imide groups is 1. The quantitative estimate of drug-likeness (QED) is 0.486. The maximum Gasteiger partial charge on any atom is 0.278 e. The summed E-state index contributed by atoms with van der Waals surface area (Å²) in [6, 6.07) is 23.1. The average molecular weight is 455 g/mol. The van der Waals surface area contributed by atoms with Crippen LogP contribution in [0.3, 0.4) is 0 Å². The Hall–Kier alpha value is -3.86. The number of methoxy groups -OCH3 is 1. The number of nitrogens with one attached hydrogen (secondary N) is 1. The number of rotatable bonds is 6. The molecule has 5 heteroatoms. The van der Waals surface area contributed by atoms with Crippen LogP contribution in [-0.4, -0.2) is 23.8 Å². The molecule has 5 nitrogen and oxygen atoms in total. The van der Waals surface area contributed by atoms with Crippen LogP contribution < -0.4 is 10.1 Å². The predicted molar refractivity (Wildman–Crippen MR) is 135 cm³/mol. The third-order valence-electron chi connectivity index (χ3n) is 6.03. The molecule has 0 bridgehead atoms. The van der Waals surface area contributed by atoms with E-state index in [4.69, 9.17) is 4.74 Å². The van der Waals surface area contributed by atoms with Gasteiger partial charge in [-0.1, -0.05) is 80.9 Å². The standard InChI is InChI=1S/C29H30N2O3/c1-19-10-12-20(13-11-19)18-31-27(32)25(23-8-6-7-9-24(23)34-5)26(28(31)33)30-22-16-14-21(15-17-22)29(2,3)4/h6-17,30H,18H2,1-5H3. The Morgan fingerprint density at radius 2 is 1.50 bits per heavy atom. The Labute approximate surface area is 201 Å². The number of aryl methyl sites for hydroxylation is 1. The van der Waals surface area contributed by atoms with Crippen molar-refractivity contribution in [2.24, 2.45) is 0 Å². The van der Waals surface area contributed by atoms with E-state index >= 15 is 0 Å². The van der Waals surface area contributed by atoms with Crippen molar-refractivity contribution in [3.8, 4) is 5.75 Å². The molecule has 0 saturated carbocycles. The molecule has 0 aromatic heterocycles. The number of para-hydroxylation sites is 1. The Morgan fingerprint density at radius 3 is 2.12 bits per heavy atom. The van der Waals surface area contributed by atoms with Crippen molar-refractivity contribution >= 4 is 23.1 Å². The first-order valence-electron chi connectivity index (χ1n) is 11.4. The van der Waals surface area contributed by atoms with Crippen LogP contribution in [0.15, 0.2) is 78.5 Å². The van der Waals surface area contributed by atoms with Gasteiger partial charge >= 0.3 is 0 Å².